The van der Waals surface area contributed by atoms with E-state index in [-0.39, 0.29) is 23.5 Å². The second kappa shape index (κ2) is 6.99. The van der Waals surface area contributed by atoms with E-state index in [1.807, 2.05) is 36.4 Å². The van der Waals surface area contributed by atoms with Gasteiger partial charge in [-0.15, -0.1) is 0 Å². The van der Waals surface area contributed by atoms with Crippen LogP contribution in [0, 0.1) is 0 Å². The normalized spacial score (nSPS) is 19.3. The first kappa shape index (κ1) is 17.0. The Bertz CT molecular complexity index is 828. The van der Waals surface area contributed by atoms with Gasteiger partial charge in [0.1, 0.15) is 0 Å². The second-order valence-electron chi connectivity index (χ2n) is 6.07. The number of nitrogens with one attached hydrogen (secondary N) is 2. The van der Waals surface area contributed by atoms with Crippen molar-refractivity contribution in [1.29, 1.82) is 0 Å². The van der Waals surface area contributed by atoms with Crippen LogP contribution < -0.4 is 5.32 Å². The molecule has 1 saturated heterocycles. The maximum Gasteiger partial charge on any atom is 0.220 e. The topological polar surface area (TPSA) is 79.0 Å². The standard InChI is InChI=1S/C17H19ClN2O3S/c18-13-3-1-12(2-4-13)16-7-5-14(19-16)6-8-17(21)20-15-9-10-24(22,23)11-15/h1-5,7,15,19H,6,8-11H2,(H,20,21). The minimum Gasteiger partial charge on any atom is -0.358 e. The highest BCUT2D eigenvalue weighted by atomic mass is 35.5. The number of aromatic nitrogens is 1. The molecule has 24 heavy (non-hydrogen) atoms. The summed E-state index contributed by atoms with van der Waals surface area (Å²) in [5, 5.41) is 3.49. The monoisotopic (exact) mass is 366 g/mol. The molecule has 1 aliphatic heterocycles. The van der Waals surface area contributed by atoms with E-state index in [0.717, 1.165) is 17.0 Å². The number of carbonyl (C=O) groups excluding carboxylic acids is 1. The van der Waals surface area contributed by atoms with Crippen molar-refractivity contribution in [3.05, 3.63) is 47.1 Å². The number of hydrogen-bond donors (Lipinski definition) is 2. The van der Waals surface area contributed by atoms with Crippen molar-refractivity contribution in [3.63, 3.8) is 0 Å². The quantitative estimate of drug-likeness (QED) is 0.853. The van der Waals surface area contributed by atoms with Crippen molar-refractivity contribution in [2.45, 2.75) is 25.3 Å². The molecule has 1 aromatic carbocycles. The molecular formula is C17H19ClN2O3S. The lowest BCUT2D eigenvalue weighted by Crippen LogP contribution is -2.35. The van der Waals surface area contributed by atoms with E-state index in [1.54, 1.807) is 0 Å². The number of H-pyrrole nitrogens is 1. The third kappa shape index (κ3) is 4.39. The number of aromatic amines is 1. The predicted octanol–water partition coefficient (Wildman–Crippen LogP) is 2.57. The Kier molecular flexibility index (Phi) is 4.96. The molecule has 5 nitrogen and oxygen atoms in total. The highest BCUT2D eigenvalue weighted by Gasteiger charge is 2.28. The summed E-state index contributed by atoms with van der Waals surface area (Å²) in [6.07, 6.45) is 1.42. The zero-order valence-corrected chi connectivity index (χ0v) is 14.7. The summed E-state index contributed by atoms with van der Waals surface area (Å²) in [5.74, 6) is 0.112. The van der Waals surface area contributed by atoms with Crippen LogP contribution in [-0.4, -0.2) is 36.9 Å². The Labute approximate surface area is 146 Å². The number of benzene rings is 1. The van der Waals surface area contributed by atoms with Gasteiger partial charge in [-0.25, -0.2) is 8.42 Å². The van der Waals surface area contributed by atoms with Gasteiger partial charge < -0.3 is 10.3 Å². The summed E-state index contributed by atoms with van der Waals surface area (Å²) < 4.78 is 22.8. The first-order chi connectivity index (χ1) is 11.4. The van der Waals surface area contributed by atoms with Crippen molar-refractivity contribution < 1.29 is 13.2 Å². The van der Waals surface area contributed by atoms with Gasteiger partial charge in [0, 0.05) is 28.9 Å². The van der Waals surface area contributed by atoms with Crippen LogP contribution in [0.15, 0.2) is 36.4 Å². The lowest BCUT2D eigenvalue weighted by molar-refractivity contribution is -0.121. The first-order valence-electron chi connectivity index (χ1n) is 7.85. The molecule has 2 aromatic rings. The molecule has 3 rings (SSSR count). The van der Waals surface area contributed by atoms with E-state index in [9.17, 15) is 13.2 Å². The van der Waals surface area contributed by atoms with E-state index in [4.69, 9.17) is 11.6 Å². The summed E-state index contributed by atoms with van der Waals surface area (Å²) in [6, 6.07) is 11.2. The van der Waals surface area contributed by atoms with Gasteiger partial charge in [-0.05, 0) is 42.7 Å². The molecule has 2 N–H and O–H groups in total. The van der Waals surface area contributed by atoms with E-state index in [1.165, 1.54) is 0 Å². The molecule has 0 spiro atoms. The number of sulfone groups is 1. The molecule has 0 bridgehead atoms. The van der Waals surface area contributed by atoms with Crippen LogP contribution >= 0.6 is 11.6 Å². The average Bonchev–Trinajstić information content (AvgIpc) is 3.12. The largest absolute Gasteiger partial charge is 0.358 e. The Morgan fingerprint density at radius 2 is 1.96 bits per heavy atom. The molecule has 7 heteroatoms. The molecule has 1 fully saturated rings. The first-order valence-corrected chi connectivity index (χ1v) is 10.0. The number of hydrogen-bond acceptors (Lipinski definition) is 3. The van der Waals surface area contributed by atoms with Gasteiger partial charge in [0.05, 0.1) is 11.5 Å². The summed E-state index contributed by atoms with van der Waals surface area (Å²) in [7, 11) is -2.97. The Morgan fingerprint density at radius 3 is 2.62 bits per heavy atom. The Balaban J connectivity index is 1.52. The molecule has 1 aliphatic rings. The van der Waals surface area contributed by atoms with Crippen molar-refractivity contribution in [1.82, 2.24) is 10.3 Å². The molecule has 1 amide bonds. The smallest absolute Gasteiger partial charge is 0.220 e. The Hall–Kier alpha value is -1.79. The highest BCUT2D eigenvalue weighted by molar-refractivity contribution is 7.91. The maximum atomic E-state index is 12.0. The predicted molar refractivity (Wildman–Crippen MR) is 94.8 cm³/mol. The molecule has 0 aliphatic carbocycles. The molecule has 0 radical (unpaired) electrons. The molecule has 2 heterocycles. The average molecular weight is 367 g/mol. The molecule has 0 saturated carbocycles. The summed E-state index contributed by atoms with van der Waals surface area (Å²) >= 11 is 5.88. The van der Waals surface area contributed by atoms with Crippen LogP contribution in [0.4, 0.5) is 0 Å². The number of carbonyl (C=O) groups is 1. The summed E-state index contributed by atoms with van der Waals surface area (Å²) in [4.78, 5) is 15.3. The summed E-state index contributed by atoms with van der Waals surface area (Å²) in [5.41, 5.74) is 2.98. The van der Waals surface area contributed by atoms with Gasteiger partial charge in [-0.3, -0.25) is 4.79 Å². The number of aryl methyl sites for hydroxylation is 1. The molecule has 1 atom stereocenters. The fourth-order valence-corrected chi connectivity index (χ4v) is 4.64. The lowest BCUT2D eigenvalue weighted by Gasteiger charge is -2.10. The van der Waals surface area contributed by atoms with Crippen LogP contribution in [0.3, 0.4) is 0 Å². The fourth-order valence-electron chi connectivity index (χ4n) is 2.84. The van der Waals surface area contributed by atoms with Gasteiger partial charge in [0.2, 0.25) is 5.91 Å². The van der Waals surface area contributed by atoms with Crippen molar-refractivity contribution in [2.75, 3.05) is 11.5 Å². The molecule has 1 unspecified atom stereocenters. The fraction of sp³-hybridized carbons (Fsp3) is 0.353. The third-order valence-corrected chi connectivity index (χ3v) is 6.14. The van der Waals surface area contributed by atoms with Crippen LogP contribution in [0.1, 0.15) is 18.5 Å². The van der Waals surface area contributed by atoms with Crippen molar-refractivity contribution in [3.8, 4) is 11.3 Å². The van der Waals surface area contributed by atoms with Crippen LogP contribution in [0.5, 0.6) is 0 Å². The lowest BCUT2D eigenvalue weighted by atomic mass is 10.2. The van der Waals surface area contributed by atoms with E-state index >= 15 is 0 Å². The van der Waals surface area contributed by atoms with Gasteiger partial charge in [-0.2, -0.15) is 0 Å². The summed E-state index contributed by atoms with van der Waals surface area (Å²) in [6.45, 7) is 0. The number of halogens is 1. The van der Waals surface area contributed by atoms with Gasteiger partial charge in [0.15, 0.2) is 9.84 Å². The van der Waals surface area contributed by atoms with E-state index in [0.29, 0.717) is 24.3 Å². The minimum atomic E-state index is -2.97. The second-order valence-corrected chi connectivity index (χ2v) is 8.74. The Morgan fingerprint density at radius 1 is 1.21 bits per heavy atom. The van der Waals surface area contributed by atoms with E-state index in [2.05, 4.69) is 10.3 Å². The highest BCUT2D eigenvalue weighted by Crippen LogP contribution is 2.21. The van der Waals surface area contributed by atoms with Crippen LogP contribution in [0.25, 0.3) is 11.3 Å². The van der Waals surface area contributed by atoms with Crippen molar-refractivity contribution >= 4 is 27.3 Å². The van der Waals surface area contributed by atoms with E-state index < -0.39 is 9.84 Å². The van der Waals surface area contributed by atoms with Crippen molar-refractivity contribution in [2.24, 2.45) is 0 Å². The zero-order valence-electron chi connectivity index (χ0n) is 13.1. The van der Waals surface area contributed by atoms with Crippen LogP contribution in [-0.2, 0) is 21.1 Å². The number of amides is 1. The minimum absolute atomic E-state index is 0.0575. The van der Waals surface area contributed by atoms with Gasteiger partial charge in [-0.1, -0.05) is 23.7 Å². The molecule has 128 valence electrons. The zero-order chi connectivity index (χ0) is 17.2. The third-order valence-electron chi connectivity index (χ3n) is 4.12. The van der Waals surface area contributed by atoms with Gasteiger partial charge >= 0.3 is 0 Å². The SMILES string of the molecule is O=C(CCc1ccc(-c2ccc(Cl)cc2)[nH]1)NC1CCS(=O)(=O)C1. The van der Waals surface area contributed by atoms with Crippen LogP contribution in [0.2, 0.25) is 5.02 Å². The molecule has 1 aromatic heterocycles. The number of rotatable bonds is 5. The maximum absolute atomic E-state index is 12.0. The molecular weight excluding hydrogens is 348 g/mol. The van der Waals surface area contributed by atoms with Gasteiger partial charge in [0.25, 0.3) is 0 Å².